The van der Waals surface area contributed by atoms with Crippen LogP contribution in [0.2, 0.25) is 0 Å². The van der Waals surface area contributed by atoms with Gasteiger partial charge in [0, 0.05) is 39.3 Å². The second-order valence-corrected chi connectivity index (χ2v) is 6.75. The molecule has 156 valence electrons. The Labute approximate surface area is 173 Å². The van der Waals surface area contributed by atoms with Crippen LogP contribution in [0.3, 0.4) is 0 Å². The van der Waals surface area contributed by atoms with Crippen LogP contribution in [0.15, 0.2) is 57.7 Å². The van der Waals surface area contributed by atoms with Gasteiger partial charge in [-0.05, 0) is 19.1 Å². The fraction of sp³-hybridized carbons (Fsp3) is 0.227. The number of nitrogens with zero attached hydrogens (tertiary/aromatic N) is 2. The molecular weight excluding hydrogens is 388 g/mol. The minimum absolute atomic E-state index is 0.0148. The average molecular weight is 410 g/mol. The van der Waals surface area contributed by atoms with E-state index in [1.54, 1.807) is 26.1 Å². The predicted octanol–water partition coefficient (Wildman–Crippen LogP) is 3.97. The summed E-state index contributed by atoms with van der Waals surface area (Å²) >= 11 is 0. The molecule has 1 heterocycles. The van der Waals surface area contributed by atoms with Crippen molar-refractivity contribution < 1.29 is 23.5 Å². The minimum Gasteiger partial charge on any atom is -0.452 e. The van der Waals surface area contributed by atoms with E-state index in [0.717, 1.165) is 0 Å². The Balaban J connectivity index is 2.21. The summed E-state index contributed by atoms with van der Waals surface area (Å²) in [4.78, 5) is 39.8. The first-order chi connectivity index (χ1) is 14.3. The van der Waals surface area contributed by atoms with Crippen LogP contribution in [0.5, 0.6) is 11.5 Å². The zero-order chi connectivity index (χ0) is 21.8. The smallest absolute Gasteiger partial charge is 0.415 e. The summed E-state index contributed by atoms with van der Waals surface area (Å²) < 4.78 is 16.8. The number of hydrogen-bond acceptors (Lipinski definition) is 6. The van der Waals surface area contributed by atoms with Gasteiger partial charge < -0.3 is 23.7 Å². The lowest BCUT2D eigenvalue weighted by molar-refractivity contribution is 0.157. The van der Waals surface area contributed by atoms with Gasteiger partial charge in [0.25, 0.3) is 0 Å². The maximum absolute atomic E-state index is 12.7. The lowest BCUT2D eigenvalue weighted by Crippen LogP contribution is -2.30. The Bertz CT molecular complexity index is 1140. The van der Waals surface area contributed by atoms with E-state index < -0.39 is 12.2 Å². The quantitative estimate of drug-likeness (QED) is 0.647. The van der Waals surface area contributed by atoms with Crippen molar-refractivity contribution in [2.75, 3.05) is 27.7 Å². The van der Waals surface area contributed by atoms with Gasteiger partial charge in [-0.1, -0.05) is 30.3 Å². The van der Waals surface area contributed by atoms with Gasteiger partial charge in [-0.2, -0.15) is 0 Å². The molecule has 3 aromatic rings. The Kier molecular flexibility index (Phi) is 6.06. The second-order valence-electron chi connectivity index (χ2n) is 6.75. The van der Waals surface area contributed by atoms with Gasteiger partial charge in [0.15, 0.2) is 16.8 Å². The largest absolute Gasteiger partial charge is 0.452 e. The van der Waals surface area contributed by atoms with Gasteiger partial charge in [-0.3, -0.25) is 4.79 Å². The Morgan fingerprint density at radius 1 is 0.967 bits per heavy atom. The highest BCUT2D eigenvalue weighted by molar-refractivity contribution is 5.90. The monoisotopic (exact) mass is 410 g/mol. The van der Waals surface area contributed by atoms with Gasteiger partial charge >= 0.3 is 12.2 Å². The molecule has 0 fully saturated rings. The molecule has 0 atom stereocenters. The molecular formula is C22H22N2O6. The number of hydrogen-bond donors (Lipinski definition) is 0. The summed E-state index contributed by atoms with van der Waals surface area (Å²) in [5.41, 5.74) is 0.372. The van der Waals surface area contributed by atoms with Crippen molar-refractivity contribution in [2.24, 2.45) is 0 Å². The van der Waals surface area contributed by atoms with Gasteiger partial charge in [0.05, 0.1) is 5.39 Å². The van der Waals surface area contributed by atoms with Crippen LogP contribution in [-0.2, 0) is 0 Å². The van der Waals surface area contributed by atoms with Gasteiger partial charge in [-0.15, -0.1) is 0 Å². The van der Waals surface area contributed by atoms with E-state index in [2.05, 4.69) is 0 Å². The van der Waals surface area contributed by atoms with Gasteiger partial charge in [-0.25, -0.2) is 9.59 Å². The summed E-state index contributed by atoms with van der Waals surface area (Å²) in [6, 6.07) is 13.3. The molecule has 2 aromatic carbocycles. The van der Waals surface area contributed by atoms with Crippen LogP contribution < -0.4 is 14.9 Å². The molecule has 1 aromatic heterocycles. The third-order valence-corrected chi connectivity index (χ3v) is 4.41. The summed E-state index contributed by atoms with van der Waals surface area (Å²) in [6.45, 7) is 2.21. The van der Waals surface area contributed by atoms with Crippen LogP contribution in [0, 0.1) is 0 Å². The molecule has 0 radical (unpaired) electrons. The van der Waals surface area contributed by atoms with Crippen molar-refractivity contribution in [1.29, 1.82) is 0 Å². The molecule has 8 heteroatoms. The number of carbonyl (C=O) groups excluding carboxylic acids is 2. The average Bonchev–Trinajstić information content (AvgIpc) is 2.74. The van der Waals surface area contributed by atoms with Crippen molar-refractivity contribution in [2.45, 2.75) is 6.92 Å². The summed E-state index contributed by atoms with van der Waals surface area (Å²) in [5, 5.41) is 0.194. The predicted molar refractivity (Wildman–Crippen MR) is 112 cm³/mol. The third-order valence-electron chi connectivity index (χ3n) is 4.41. The molecule has 0 saturated heterocycles. The Hall–Kier alpha value is -3.81. The highest BCUT2D eigenvalue weighted by atomic mass is 16.6. The SMILES string of the molecule is CCN(C)C(=O)Oc1ccc2c(=O)cc(-c3ccccc3)oc2c1OC(=O)N(C)C. The van der Waals surface area contributed by atoms with Crippen LogP contribution in [0.1, 0.15) is 6.92 Å². The van der Waals surface area contributed by atoms with Gasteiger partial charge in [0.2, 0.25) is 5.75 Å². The van der Waals surface area contributed by atoms with Crippen molar-refractivity contribution in [3.63, 3.8) is 0 Å². The van der Waals surface area contributed by atoms with E-state index in [1.165, 1.54) is 42.1 Å². The standard InChI is InChI=1S/C22H22N2O6/c1-5-24(4)22(27)29-17-12-11-15-16(25)13-18(14-9-7-6-8-10-14)28-19(15)20(17)30-21(26)23(2)3/h6-13H,5H2,1-4H3. The lowest BCUT2D eigenvalue weighted by Gasteiger charge is -2.18. The molecule has 0 unspecified atom stereocenters. The van der Waals surface area contributed by atoms with Crippen molar-refractivity contribution >= 4 is 23.2 Å². The first-order valence-electron chi connectivity index (χ1n) is 9.30. The molecule has 0 N–H and O–H groups in total. The van der Waals surface area contributed by atoms with Crippen LogP contribution in [0.25, 0.3) is 22.3 Å². The number of rotatable bonds is 4. The van der Waals surface area contributed by atoms with Gasteiger partial charge in [0.1, 0.15) is 5.76 Å². The number of benzene rings is 2. The van der Waals surface area contributed by atoms with E-state index >= 15 is 0 Å². The summed E-state index contributed by atoms with van der Waals surface area (Å²) in [5.74, 6) is 0.125. The molecule has 30 heavy (non-hydrogen) atoms. The zero-order valence-corrected chi connectivity index (χ0v) is 17.2. The van der Waals surface area contributed by atoms with Crippen molar-refractivity contribution in [3.8, 4) is 22.8 Å². The minimum atomic E-state index is -0.712. The zero-order valence-electron chi connectivity index (χ0n) is 17.2. The number of amides is 2. The maximum atomic E-state index is 12.7. The fourth-order valence-electron chi connectivity index (χ4n) is 2.58. The Morgan fingerprint density at radius 2 is 1.67 bits per heavy atom. The van der Waals surface area contributed by atoms with E-state index in [0.29, 0.717) is 17.9 Å². The van der Waals surface area contributed by atoms with E-state index in [1.807, 2.05) is 18.2 Å². The Morgan fingerprint density at radius 3 is 2.30 bits per heavy atom. The molecule has 0 bridgehead atoms. The van der Waals surface area contributed by atoms with Crippen LogP contribution in [0.4, 0.5) is 9.59 Å². The lowest BCUT2D eigenvalue weighted by atomic mass is 10.1. The fourth-order valence-corrected chi connectivity index (χ4v) is 2.58. The normalized spacial score (nSPS) is 10.5. The third kappa shape index (κ3) is 4.27. The van der Waals surface area contributed by atoms with E-state index in [4.69, 9.17) is 13.9 Å². The first-order valence-corrected chi connectivity index (χ1v) is 9.30. The highest BCUT2D eigenvalue weighted by Gasteiger charge is 2.23. The molecule has 0 spiro atoms. The molecule has 0 saturated carbocycles. The number of fused-ring (bicyclic) bond motifs is 1. The summed E-state index contributed by atoms with van der Waals surface area (Å²) in [6.07, 6.45) is -1.35. The van der Waals surface area contributed by atoms with E-state index in [9.17, 15) is 14.4 Å². The molecule has 0 aliphatic carbocycles. The number of carbonyl (C=O) groups is 2. The van der Waals surface area contributed by atoms with Crippen LogP contribution in [-0.4, -0.2) is 49.7 Å². The van der Waals surface area contributed by atoms with E-state index in [-0.39, 0.29) is 27.9 Å². The highest BCUT2D eigenvalue weighted by Crippen LogP contribution is 2.37. The second kappa shape index (κ2) is 8.69. The topological polar surface area (TPSA) is 89.3 Å². The van der Waals surface area contributed by atoms with Crippen molar-refractivity contribution in [1.82, 2.24) is 9.80 Å². The van der Waals surface area contributed by atoms with Crippen LogP contribution >= 0.6 is 0 Å². The first kappa shape index (κ1) is 20.9. The molecule has 0 aliphatic rings. The molecule has 3 rings (SSSR count). The maximum Gasteiger partial charge on any atom is 0.415 e. The molecule has 0 aliphatic heterocycles. The molecule has 2 amide bonds. The van der Waals surface area contributed by atoms with Crippen molar-refractivity contribution in [3.05, 3.63) is 58.8 Å². The summed E-state index contributed by atoms with van der Waals surface area (Å²) in [7, 11) is 4.59. The molecule has 8 nitrogen and oxygen atoms in total. The number of ether oxygens (including phenoxy) is 2.